The third-order valence-corrected chi connectivity index (χ3v) is 5.08. The minimum atomic E-state index is -3.34. The lowest BCUT2D eigenvalue weighted by Gasteiger charge is -2.19. The Morgan fingerprint density at radius 2 is 1.52 bits per heavy atom. The van der Waals surface area contributed by atoms with E-state index >= 15 is 0 Å². The van der Waals surface area contributed by atoms with Crippen molar-refractivity contribution in [2.45, 2.75) is 24.6 Å². The molecule has 3 nitrogen and oxygen atoms in total. The van der Waals surface area contributed by atoms with Gasteiger partial charge in [-0.05, 0) is 29.9 Å². The van der Waals surface area contributed by atoms with Crippen LogP contribution in [0, 0.1) is 5.92 Å². The lowest BCUT2D eigenvalue weighted by molar-refractivity contribution is 0.528. The van der Waals surface area contributed by atoms with E-state index in [1.54, 1.807) is 0 Å². The summed E-state index contributed by atoms with van der Waals surface area (Å²) in [5, 5.41) is 0. The maximum absolute atomic E-state index is 12.4. The quantitative estimate of drug-likeness (QED) is 0.890. The van der Waals surface area contributed by atoms with Crippen LogP contribution in [0.2, 0.25) is 0 Å². The van der Waals surface area contributed by atoms with Crippen LogP contribution in [0.3, 0.4) is 0 Å². The van der Waals surface area contributed by atoms with Crippen LogP contribution in [-0.2, 0) is 15.8 Å². The van der Waals surface area contributed by atoms with Gasteiger partial charge in [-0.2, -0.15) is 0 Å². The van der Waals surface area contributed by atoms with Crippen LogP contribution in [-0.4, -0.2) is 8.42 Å². The van der Waals surface area contributed by atoms with Crippen LogP contribution in [0.4, 0.5) is 0 Å². The van der Waals surface area contributed by atoms with Gasteiger partial charge in [0.2, 0.25) is 10.0 Å². The van der Waals surface area contributed by atoms with Gasteiger partial charge >= 0.3 is 0 Å². The molecule has 1 atom stereocenters. The zero-order valence-corrected chi connectivity index (χ0v) is 12.6. The lowest BCUT2D eigenvalue weighted by Crippen LogP contribution is -2.31. The van der Waals surface area contributed by atoms with Crippen LogP contribution in [0.5, 0.6) is 0 Å². The molecule has 1 aliphatic carbocycles. The normalized spacial score (nSPS) is 16.6. The molecule has 0 unspecified atom stereocenters. The Morgan fingerprint density at radius 1 is 0.952 bits per heavy atom. The van der Waals surface area contributed by atoms with Crippen molar-refractivity contribution >= 4 is 10.0 Å². The molecule has 1 saturated carbocycles. The Bertz CT molecular complexity index is 679. The predicted molar refractivity (Wildman–Crippen MR) is 84.1 cm³/mol. The number of nitrogens with one attached hydrogen (secondary N) is 1. The van der Waals surface area contributed by atoms with Crippen molar-refractivity contribution in [3.8, 4) is 0 Å². The number of hydrogen-bond donors (Lipinski definition) is 1. The van der Waals surface area contributed by atoms with Gasteiger partial charge < -0.3 is 0 Å². The molecular weight excluding hydrogens is 282 g/mol. The second-order valence-corrected chi connectivity index (χ2v) is 7.34. The third-order valence-electron chi connectivity index (χ3n) is 3.76. The van der Waals surface area contributed by atoms with Gasteiger partial charge in [0.15, 0.2) is 0 Å². The van der Waals surface area contributed by atoms with Gasteiger partial charge in [0.25, 0.3) is 0 Å². The molecule has 4 heteroatoms. The molecule has 110 valence electrons. The standard InChI is InChI=1S/C17H19NO2S/c19-21(20,13-14-7-3-1-4-8-14)18-17(16-11-12-16)15-9-5-2-6-10-15/h1-10,16-18H,11-13H2/t17-/m0/s1. The third kappa shape index (κ3) is 3.93. The largest absolute Gasteiger partial charge is 0.216 e. The summed E-state index contributed by atoms with van der Waals surface area (Å²) < 4.78 is 27.7. The van der Waals surface area contributed by atoms with Gasteiger partial charge in [0.05, 0.1) is 5.75 Å². The molecule has 2 aromatic rings. The van der Waals surface area contributed by atoms with E-state index in [2.05, 4.69) is 4.72 Å². The molecular formula is C17H19NO2S. The van der Waals surface area contributed by atoms with Gasteiger partial charge in [-0.15, -0.1) is 0 Å². The highest BCUT2D eigenvalue weighted by molar-refractivity contribution is 7.88. The summed E-state index contributed by atoms with van der Waals surface area (Å²) in [5.41, 5.74) is 1.87. The molecule has 1 aliphatic rings. The number of sulfonamides is 1. The zero-order valence-electron chi connectivity index (χ0n) is 11.8. The van der Waals surface area contributed by atoms with Crippen LogP contribution in [0.15, 0.2) is 60.7 Å². The van der Waals surface area contributed by atoms with E-state index in [4.69, 9.17) is 0 Å². The average Bonchev–Trinajstić information content (AvgIpc) is 3.31. The molecule has 3 rings (SSSR count). The smallest absolute Gasteiger partial charge is 0.212 e. The molecule has 0 saturated heterocycles. The van der Waals surface area contributed by atoms with E-state index < -0.39 is 10.0 Å². The molecule has 0 aliphatic heterocycles. The van der Waals surface area contributed by atoms with E-state index in [-0.39, 0.29) is 11.8 Å². The first-order valence-electron chi connectivity index (χ1n) is 7.23. The van der Waals surface area contributed by atoms with E-state index in [1.165, 1.54) is 0 Å². The van der Waals surface area contributed by atoms with Crippen molar-refractivity contribution < 1.29 is 8.42 Å². The Labute approximate surface area is 126 Å². The maximum Gasteiger partial charge on any atom is 0.216 e. The average molecular weight is 301 g/mol. The molecule has 0 heterocycles. The molecule has 0 bridgehead atoms. The minimum Gasteiger partial charge on any atom is -0.212 e. The highest BCUT2D eigenvalue weighted by Crippen LogP contribution is 2.41. The second kappa shape index (κ2) is 6.00. The molecule has 1 fully saturated rings. The van der Waals surface area contributed by atoms with Crippen LogP contribution < -0.4 is 4.72 Å². The minimum absolute atomic E-state index is 0.0316. The lowest BCUT2D eigenvalue weighted by atomic mass is 10.0. The highest BCUT2D eigenvalue weighted by Gasteiger charge is 2.34. The van der Waals surface area contributed by atoms with Gasteiger partial charge in [-0.1, -0.05) is 60.7 Å². The summed E-state index contributed by atoms with van der Waals surface area (Å²) in [6.07, 6.45) is 2.18. The Kier molecular flexibility index (Phi) is 4.08. The van der Waals surface area contributed by atoms with E-state index in [0.717, 1.165) is 24.0 Å². The molecule has 0 aromatic heterocycles. The first kappa shape index (κ1) is 14.3. The maximum atomic E-state index is 12.4. The van der Waals surface area contributed by atoms with Gasteiger partial charge in [0, 0.05) is 6.04 Å². The van der Waals surface area contributed by atoms with Gasteiger partial charge in [-0.3, -0.25) is 0 Å². The topological polar surface area (TPSA) is 46.2 Å². The number of hydrogen-bond acceptors (Lipinski definition) is 2. The second-order valence-electron chi connectivity index (χ2n) is 5.59. The monoisotopic (exact) mass is 301 g/mol. The van der Waals surface area contributed by atoms with Crippen molar-refractivity contribution in [2.24, 2.45) is 5.92 Å². The SMILES string of the molecule is O=S(=O)(Cc1ccccc1)N[C@@H](c1ccccc1)C1CC1. The van der Waals surface area contributed by atoms with E-state index in [0.29, 0.717) is 5.92 Å². The summed E-state index contributed by atoms with van der Waals surface area (Å²) in [4.78, 5) is 0. The van der Waals surface area contributed by atoms with Crippen molar-refractivity contribution in [1.82, 2.24) is 4.72 Å². The molecule has 0 spiro atoms. The predicted octanol–water partition coefficient (Wildman–Crippen LogP) is 3.26. The van der Waals surface area contributed by atoms with Crippen molar-refractivity contribution in [3.63, 3.8) is 0 Å². The molecule has 21 heavy (non-hydrogen) atoms. The fraction of sp³-hybridized carbons (Fsp3) is 0.294. The highest BCUT2D eigenvalue weighted by atomic mass is 32.2. The van der Waals surface area contributed by atoms with Crippen molar-refractivity contribution in [3.05, 3.63) is 71.8 Å². The van der Waals surface area contributed by atoms with Crippen LogP contribution in [0.1, 0.15) is 30.0 Å². The van der Waals surface area contributed by atoms with Gasteiger partial charge in [0.1, 0.15) is 0 Å². The molecule has 1 N–H and O–H groups in total. The van der Waals surface area contributed by atoms with E-state index in [9.17, 15) is 8.42 Å². The Morgan fingerprint density at radius 3 is 2.10 bits per heavy atom. The Balaban J connectivity index is 1.76. The van der Waals surface area contributed by atoms with Crippen molar-refractivity contribution in [2.75, 3.05) is 0 Å². The first-order chi connectivity index (χ1) is 10.1. The van der Waals surface area contributed by atoms with Crippen LogP contribution in [0.25, 0.3) is 0 Å². The fourth-order valence-electron chi connectivity index (χ4n) is 2.56. The fourth-order valence-corrected chi connectivity index (χ4v) is 3.99. The summed E-state index contributed by atoms with van der Waals surface area (Å²) >= 11 is 0. The number of benzene rings is 2. The molecule has 0 radical (unpaired) electrons. The summed E-state index contributed by atoms with van der Waals surface area (Å²) in [7, 11) is -3.34. The summed E-state index contributed by atoms with van der Waals surface area (Å²) in [6.45, 7) is 0. The number of rotatable bonds is 6. The Hall–Kier alpha value is -1.65. The van der Waals surface area contributed by atoms with Crippen LogP contribution >= 0.6 is 0 Å². The molecule has 0 amide bonds. The zero-order chi connectivity index (χ0) is 14.7. The van der Waals surface area contributed by atoms with Crippen molar-refractivity contribution in [1.29, 1.82) is 0 Å². The first-order valence-corrected chi connectivity index (χ1v) is 8.88. The summed E-state index contributed by atoms with van der Waals surface area (Å²) in [6, 6.07) is 19.0. The van der Waals surface area contributed by atoms with Gasteiger partial charge in [-0.25, -0.2) is 13.1 Å². The summed E-state index contributed by atoms with van der Waals surface area (Å²) in [5.74, 6) is 0.460. The molecule has 2 aromatic carbocycles. The van der Waals surface area contributed by atoms with E-state index in [1.807, 2.05) is 60.7 Å².